The summed E-state index contributed by atoms with van der Waals surface area (Å²) in [7, 11) is -4.10. The van der Waals surface area contributed by atoms with Gasteiger partial charge in [-0.15, -0.1) is 11.3 Å². The Balaban J connectivity index is 1.67. The minimum Gasteiger partial charge on any atom is -0.465 e. The van der Waals surface area contributed by atoms with E-state index in [1.165, 1.54) is 33.8 Å². The molecule has 0 bridgehead atoms. The summed E-state index contributed by atoms with van der Waals surface area (Å²) in [5, 5.41) is 21.6. The molecule has 2 heterocycles. The fourth-order valence-electron chi connectivity index (χ4n) is 4.37. The highest BCUT2D eigenvalue weighted by molar-refractivity contribution is 7.89. The molecule has 4 N–H and O–H groups in total. The number of carboxylic acid groups (broad SMARTS) is 1. The number of amides is 1. The molecule has 2 aromatic heterocycles. The fraction of sp³-hybridized carbons (Fsp3) is 0.346. The largest absolute Gasteiger partial charge is 0.465 e. The van der Waals surface area contributed by atoms with E-state index in [0.29, 0.717) is 10.4 Å². The summed E-state index contributed by atoms with van der Waals surface area (Å²) < 4.78 is 34.1. The van der Waals surface area contributed by atoms with Crippen molar-refractivity contribution in [3.05, 3.63) is 70.7 Å². The Hall–Kier alpha value is -3.52. The smallest absolute Gasteiger partial charge is 0.407 e. The first kappa shape index (κ1) is 28.5. The molecule has 0 saturated carbocycles. The summed E-state index contributed by atoms with van der Waals surface area (Å²) in [6, 6.07) is 12.4. The van der Waals surface area contributed by atoms with Gasteiger partial charge in [-0.3, -0.25) is 9.88 Å². The van der Waals surface area contributed by atoms with Gasteiger partial charge in [0.1, 0.15) is 5.52 Å². The maximum absolute atomic E-state index is 13.8. The highest BCUT2D eigenvalue weighted by Gasteiger charge is 2.35. The lowest BCUT2D eigenvalue weighted by molar-refractivity contribution is 0.0341. The van der Waals surface area contributed by atoms with Gasteiger partial charge in [0, 0.05) is 30.2 Å². The molecule has 0 fully saturated rings. The van der Waals surface area contributed by atoms with Crippen LogP contribution in [0.25, 0.3) is 11.1 Å². The van der Waals surface area contributed by atoms with Gasteiger partial charge in [-0.1, -0.05) is 44.2 Å². The first-order valence-electron chi connectivity index (χ1n) is 12.3. The van der Waals surface area contributed by atoms with Crippen molar-refractivity contribution in [2.75, 3.05) is 18.8 Å². The number of thiazole rings is 1. The Morgan fingerprint density at radius 3 is 2.54 bits per heavy atom. The van der Waals surface area contributed by atoms with Crippen molar-refractivity contribution in [3.8, 4) is 0 Å². The Morgan fingerprint density at radius 1 is 1.15 bits per heavy atom. The number of anilines is 1. The molecular weight excluding hydrogens is 542 g/mol. The van der Waals surface area contributed by atoms with Crippen molar-refractivity contribution in [2.45, 2.75) is 43.9 Å². The zero-order valence-corrected chi connectivity index (χ0v) is 23.2. The number of nitrogens with two attached hydrogens (primary N) is 1. The summed E-state index contributed by atoms with van der Waals surface area (Å²) in [5.74, 6) is -0.0722. The van der Waals surface area contributed by atoms with Crippen LogP contribution in [0.3, 0.4) is 0 Å². The molecule has 39 heavy (non-hydrogen) atoms. The van der Waals surface area contributed by atoms with Crippen LogP contribution in [-0.2, 0) is 23.0 Å². The number of aliphatic hydroxyl groups is 1. The van der Waals surface area contributed by atoms with Gasteiger partial charge in [0.25, 0.3) is 6.01 Å². The molecule has 1 amide bonds. The van der Waals surface area contributed by atoms with E-state index in [4.69, 9.17) is 10.2 Å². The standard InChI is InChI=1S/C26H31N5O6S2/c1-17(2)13-30(39(35,36)20-8-9-21-24(11-20)37-25(27)29-21)15-23(32)22(10-18-6-4-3-5-7-18)31(26(33)34)14-19-12-28-16-38-19/h3-9,11-12,16-17,22-23,32H,10,13-15H2,1-2H3,(H2,27,29)(H,33,34)/t22-,23-/m0/s1. The quantitative estimate of drug-likeness (QED) is 0.229. The Morgan fingerprint density at radius 2 is 1.90 bits per heavy atom. The van der Waals surface area contributed by atoms with Crippen LogP contribution in [0.2, 0.25) is 0 Å². The van der Waals surface area contributed by atoms with Gasteiger partial charge in [0.2, 0.25) is 10.0 Å². The van der Waals surface area contributed by atoms with E-state index >= 15 is 0 Å². The van der Waals surface area contributed by atoms with Crippen LogP contribution < -0.4 is 5.73 Å². The normalized spacial score (nSPS) is 13.7. The number of aliphatic hydroxyl groups excluding tert-OH is 1. The molecule has 13 heteroatoms. The van der Waals surface area contributed by atoms with Crippen LogP contribution in [0.1, 0.15) is 24.3 Å². The molecular formula is C26H31N5O6S2. The third-order valence-corrected chi connectivity index (χ3v) is 8.75. The Labute approximate surface area is 230 Å². The number of sulfonamides is 1. The minimum absolute atomic E-state index is 0.00900. The van der Waals surface area contributed by atoms with E-state index in [0.717, 1.165) is 10.5 Å². The summed E-state index contributed by atoms with van der Waals surface area (Å²) in [4.78, 5) is 22.2. The average Bonchev–Trinajstić information content (AvgIpc) is 3.53. The van der Waals surface area contributed by atoms with E-state index in [2.05, 4.69) is 9.97 Å². The van der Waals surface area contributed by atoms with Gasteiger partial charge in [-0.2, -0.15) is 9.29 Å². The summed E-state index contributed by atoms with van der Waals surface area (Å²) >= 11 is 1.30. The van der Waals surface area contributed by atoms with Crippen molar-refractivity contribution in [3.63, 3.8) is 0 Å². The fourth-order valence-corrected chi connectivity index (χ4v) is 6.59. The van der Waals surface area contributed by atoms with E-state index in [1.54, 1.807) is 11.7 Å². The molecule has 208 valence electrons. The first-order chi connectivity index (χ1) is 18.5. The molecule has 0 unspecified atom stereocenters. The third kappa shape index (κ3) is 6.92. The molecule has 4 rings (SSSR count). The number of hydrogen-bond donors (Lipinski definition) is 3. The minimum atomic E-state index is -4.10. The second-order valence-corrected chi connectivity index (χ2v) is 12.5. The summed E-state index contributed by atoms with van der Waals surface area (Å²) in [6.45, 7) is 3.53. The van der Waals surface area contributed by atoms with Gasteiger partial charge >= 0.3 is 6.09 Å². The van der Waals surface area contributed by atoms with E-state index in [1.807, 2.05) is 44.2 Å². The van der Waals surface area contributed by atoms with Crippen molar-refractivity contribution < 1.29 is 27.8 Å². The van der Waals surface area contributed by atoms with E-state index in [9.17, 15) is 23.4 Å². The van der Waals surface area contributed by atoms with Gasteiger partial charge in [-0.05, 0) is 30.0 Å². The highest BCUT2D eigenvalue weighted by Crippen LogP contribution is 2.26. The molecule has 0 spiro atoms. The predicted molar refractivity (Wildman–Crippen MR) is 148 cm³/mol. The second kappa shape index (κ2) is 12.1. The van der Waals surface area contributed by atoms with Crippen LogP contribution in [-0.4, -0.2) is 69.1 Å². The highest BCUT2D eigenvalue weighted by atomic mass is 32.2. The SMILES string of the molecule is CC(C)CN(C[C@H](O)[C@H](Cc1ccccc1)N(Cc1cncs1)C(=O)O)S(=O)(=O)c1ccc2nc(N)oc2c1. The number of fused-ring (bicyclic) bond motifs is 1. The topological polar surface area (TPSA) is 163 Å². The van der Waals surface area contributed by atoms with Crippen LogP contribution in [0.4, 0.5) is 10.8 Å². The molecule has 2 atom stereocenters. The molecule has 0 aliphatic heterocycles. The maximum Gasteiger partial charge on any atom is 0.407 e. The van der Waals surface area contributed by atoms with Crippen LogP contribution in [0.15, 0.2) is 69.6 Å². The summed E-state index contributed by atoms with van der Waals surface area (Å²) in [5.41, 5.74) is 8.67. The molecule has 0 saturated heterocycles. The number of nitrogens with zero attached hydrogens (tertiary/aromatic N) is 4. The van der Waals surface area contributed by atoms with Gasteiger partial charge in [-0.25, -0.2) is 13.2 Å². The molecule has 0 aliphatic carbocycles. The first-order valence-corrected chi connectivity index (χ1v) is 14.6. The number of aromatic nitrogens is 2. The lowest BCUT2D eigenvalue weighted by Gasteiger charge is -2.35. The van der Waals surface area contributed by atoms with Crippen molar-refractivity contribution >= 4 is 44.6 Å². The second-order valence-electron chi connectivity index (χ2n) is 9.60. The van der Waals surface area contributed by atoms with Crippen molar-refractivity contribution in [1.82, 2.24) is 19.2 Å². The lowest BCUT2D eigenvalue weighted by atomic mass is 9.99. The Bertz CT molecular complexity index is 1490. The molecule has 2 aromatic carbocycles. The average molecular weight is 574 g/mol. The van der Waals surface area contributed by atoms with Gasteiger partial charge < -0.3 is 20.4 Å². The van der Waals surface area contributed by atoms with Crippen LogP contribution in [0, 0.1) is 5.92 Å². The van der Waals surface area contributed by atoms with E-state index in [-0.39, 0.29) is 48.5 Å². The van der Waals surface area contributed by atoms with Crippen LogP contribution in [0.5, 0.6) is 0 Å². The van der Waals surface area contributed by atoms with Crippen LogP contribution >= 0.6 is 11.3 Å². The number of hydrogen-bond acceptors (Lipinski definition) is 9. The van der Waals surface area contributed by atoms with E-state index < -0.39 is 28.3 Å². The monoisotopic (exact) mass is 573 g/mol. The number of benzene rings is 2. The Kier molecular flexibility index (Phi) is 8.85. The zero-order valence-electron chi connectivity index (χ0n) is 21.5. The lowest BCUT2D eigenvalue weighted by Crippen LogP contribution is -2.52. The summed E-state index contributed by atoms with van der Waals surface area (Å²) in [6.07, 6.45) is -0.803. The maximum atomic E-state index is 13.8. The molecule has 0 radical (unpaired) electrons. The number of nitrogen functional groups attached to an aromatic ring is 1. The number of rotatable bonds is 12. The number of oxazole rings is 1. The molecule has 4 aromatic rings. The molecule has 11 nitrogen and oxygen atoms in total. The van der Waals surface area contributed by atoms with Gasteiger partial charge in [0.15, 0.2) is 5.58 Å². The number of carbonyl (C=O) groups is 1. The molecule has 0 aliphatic rings. The zero-order chi connectivity index (χ0) is 28.2. The third-order valence-electron chi connectivity index (χ3n) is 6.16. The predicted octanol–water partition coefficient (Wildman–Crippen LogP) is 3.67. The van der Waals surface area contributed by atoms with Gasteiger partial charge in [0.05, 0.1) is 29.1 Å². The van der Waals surface area contributed by atoms with Crippen molar-refractivity contribution in [2.24, 2.45) is 5.92 Å². The van der Waals surface area contributed by atoms with Crippen molar-refractivity contribution in [1.29, 1.82) is 0 Å².